The lowest BCUT2D eigenvalue weighted by Gasteiger charge is -2.34. The zero-order valence-corrected chi connectivity index (χ0v) is 18.9. The van der Waals surface area contributed by atoms with Crippen LogP contribution in [0.15, 0.2) is 54.6 Å². The minimum absolute atomic E-state index is 0.313. The molecule has 2 aromatic carbocycles. The standard InChI is InChI=1S/C28H36O3/c1-3-19(2)20-12-14-23(15-13-20)30-28(18-29-22-8-5-4-6-9-22)31-27-17-21-16-26(27)25-11-7-10-24(21)25/h4-6,8-9,12-15,19,21,24-28H,3,7,10-11,16-18H2,1-2H3. The molecule has 5 rings (SSSR count). The average Bonchev–Trinajstić information content (AvgIpc) is 3.52. The number of fused-ring (bicyclic) bond motifs is 5. The number of para-hydroxylation sites is 1. The van der Waals surface area contributed by atoms with Crippen LogP contribution in [-0.2, 0) is 4.74 Å². The zero-order chi connectivity index (χ0) is 21.2. The smallest absolute Gasteiger partial charge is 0.234 e. The third-order valence-corrected chi connectivity index (χ3v) is 8.15. The van der Waals surface area contributed by atoms with Crippen LogP contribution in [0.2, 0.25) is 0 Å². The van der Waals surface area contributed by atoms with E-state index in [1.165, 1.54) is 37.7 Å². The summed E-state index contributed by atoms with van der Waals surface area (Å²) in [5.41, 5.74) is 1.35. The summed E-state index contributed by atoms with van der Waals surface area (Å²) in [6, 6.07) is 18.5. The van der Waals surface area contributed by atoms with Gasteiger partial charge >= 0.3 is 0 Å². The largest absolute Gasteiger partial charge is 0.487 e. The van der Waals surface area contributed by atoms with Gasteiger partial charge in [0.2, 0.25) is 6.29 Å². The van der Waals surface area contributed by atoms with Crippen LogP contribution in [-0.4, -0.2) is 19.0 Å². The lowest BCUT2D eigenvalue weighted by Crippen LogP contribution is -2.38. The zero-order valence-electron chi connectivity index (χ0n) is 18.9. The molecular formula is C28H36O3. The summed E-state index contributed by atoms with van der Waals surface area (Å²) in [7, 11) is 0. The van der Waals surface area contributed by atoms with E-state index in [9.17, 15) is 0 Å². The molecule has 0 aliphatic heterocycles. The number of hydrogen-bond acceptors (Lipinski definition) is 3. The van der Waals surface area contributed by atoms with Crippen molar-refractivity contribution in [3.63, 3.8) is 0 Å². The maximum absolute atomic E-state index is 6.63. The third-order valence-electron chi connectivity index (χ3n) is 8.15. The fourth-order valence-corrected chi connectivity index (χ4v) is 6.40. The van der Waals surface area contributed by atoms with Crippen molar-refractivity contribution in [1.82, 2.24) is 0 Å². The Labute approximate surface area is 187 Å². The second kappa shape index (κ2) is 9.24. The first kappa shape index (κ1) is 20.9. The van der Waals surface area contributed by atoms with Gasteiger partial charge in [-0.15, -0.1) is 0 Å². The van der Waals surface area contributed by atoms with Gasteiger partial charge in [-0.1, -0.05) is 50.6 Å². The van der Waals surface area contributed by atoms with Crippen molar-refractivity contribution in [3.05, 3.63) is 60.2 Å². The van der Waals surface area contributed by atoms with E-state index in [0.717, 1.165) is 35.7 Å². The van der Waals surface area contributed by atoms with Gasteiger partial charge in [-0.2, -0.15) is 0 Å². The normalized spacial score (nSPS) is 30.7. The molecule has 0 spiro atoms. The van der Waals surface area contributed by atoms with Gasteiger partial charge in [0.25, 0.3) is 0 Å². The lowest BCUT2D eigenvalue weighted by molar-refractivity contribution is -0.156. The van der Waals surface area contributed by atoms with Crippen molar-refractivity contribution >= 4 is 0 Å². The Bertz CT molecular complexity index is 833. The average molecular weight is 421 g/mol. The van der Waals surface area contributed by atoms with Crippen LogP contribution in [0.4, 0.5) is 0 Å². The van der Waals surface area contributed by atoms with E-state index in [4.69, 9.17) is 14.2 Å². The molecule has 0 saturated heterocycles. The van der Waals surface area contributed by atoms with Crippen molar-refractivity contribution in [2.24, 2.45) is 23.7 Å². The Morgan fingerprint density at radius 1 is 0.871 bits per heavy atom. The summed E-state index contributed by atoms with van der Waals surface area (Å²) >= 11 is 0. The second-order valence-corrected chi connectivity index (χ2v) is 9.88. The first-order valence-corrected chi connectivity index (χ1v) is 12.3. The second-order valence-electron chi connectivity index (χ2n) is 9.88. The molecule has 31 heavy (non-hydrogen) atoms. The highest BCUT2D eigenvalue weighted by atomic mass is 16.7. The molecule has 0 radical (unpaired) electrons. The van der Waals surface area contributed by atoms with Crippen LogP contribution in [0.1, 0.15) is 63.9 Å². The maximum Gasteiger partial charge on any atom is 0.234 e. The van der Waals surface area contributed by atoms with Crippen molar-refractivity contribution in [2.45, 2.75) is 70.7 Å². The van der Waals surface area contributed by atoms with Crippen LogP contribution in [0, 0.1) is 23.7 Å². The predicted molar refractivity (Wildman–Crippen MR) is 123 cm³/mol. The predicted octanol–water partition coefficient (Wildman–Crippen LogP) is 6.83. The van der Waals surface area contributed by atoms with Crippen LogP contribution >= 0.6 is 0 Å². The molecule has 3 fully saturated rings. The molecule has 3 aliphatic rings. The van der Waals surface area contributed by atoms with Gasteiger partial charge in [-0.3, -0.25) is 0 Å². The lowest BCUT2D eigenvalue weighted by atomic mass is 9.80. The topological polar surface area (TPSA) is 27.7 Å². The summed E-state index contributed by atoms with van der Waals surface area (Å²) in [5.74, 6) is 5.72. The quantitative estimate of drug-likeness (QED) is 0.416. The molecule has 3 nitrogen and oxygen atoms in total. The minimum atomic E-state index is -0.390. The molecule has 7 unspecified atom stereocenters. The van der Waals surface area contributed by atoms with Crippen LogP contribution in [0.25, 0.3) is 0 Å². The van der Waals surface area contributed by atoms with Gasteiger partial charge in [0.1, 0.15) is 11.5 Å². The van der Waals surface area contributed by atoms with E-state index in [-0.39, 0.29) is 6.29 Å². The van der Waals surface area contributed by atoms with Crippen LogP contribution in [0.5, 0.6) is 11.5 Å². The Kier molecular flexibility index (Phi) is 6.22. The molecule has 2 bridgehead atoms. The summed E-state index contributed by atoms with van der Waals surface area (Å²) in [5, 5.41) is 0. The van der Waals surface area contributed by atoms with Crippen molar-refractivity contribution in [1.29, 1.82) is 0 Å². The van der Waals surface area contributed by atoms with E-state index >= 15 is 0 Å². The summed E-state index contributed by atoms with van der Waals surface area (Å²) in [4.78, 5) is 0. The number of hydrogen-bond donors (Lipinski definition) is 0. The Morgan fingerprint density at radius 3 is 2.42 bits per heavy atom. The highest BCUT2D eigenvalue weighted by molar-refractivity contribution is 5.29. The van der Waals surface area contributed by atoms with Crippen LogP contribution < -0.4 is 9.47 Å². The molecule has 3 heteroatoms. The summed E-state index contributed by atoms with van der Waals surface area (Å²) in [6.07, 6.45) is 7.87. The first-order valence-electron chi connectivity index (χ1n) is 12.3. The third kappa shape index (κ3) is 4.48. The molecule has 7 atom stereocenters. The van der Waals surface area contributed by atoms with E-state index in [1.807, 2.05) is 30.3 Å². The van der Waals surface area contributed by atoms with E-state index in [2.05, 4.69) is 38.1 Å². The van der Waals surface area contributed by atoms with Gasteiger partial charge in [0.15, 0.2) is 6.61 Å². The molecular weight excluding hydrogens is 384 g/mol. The number of benzene rings is 2. The van der Waals surface area contributed by atoms with Crippen molar-refractivity contribution in [2.75, 3.05) is 6.61 Å². The number of ether oxygens (including phenoxy) is 3. The molecule has 3 saturated carbocycles. The Morgan fingerprint density at radius 2 is 1.65 bits per heavy atom. The molecule has 0 heterocycles. The van der Waals surface area contributed by atoms with E-state index in [0.29, 0.717) is 24.5 Å². The highest BCUT2D eigenvalue weighted by Crippen LogP contribution is 2.59. The summed E-state index contributed by atoms with van der Waals surface area (Å²) < 4.78 is 19.0. The molecule has 3 aliphatic carbocycles. The van der Waals surface area contributed by atoms with Crippen molar-refractivity contribution < 1.29 is 14.2 Å². The monoisotopic (exact) mass is 420 g/mol. The maximum atomic E-state index is 6.63. The molecule has 2 aromatic rings. The Hall–Kier alpha value is -2.00. The fraction of sp³-hybridized carbons (Fsp3) is 0.571. The first-order chi connectivity index (χ1) is 15.2. The minimum Gasteiger partial charge on any atom is -0.487 e. The van der Waals surface area contributed by atoms with E-state index < -0.39 is 0 Å². The van der Waals surface area contributed by atoms with Gasteiger partial charge in [0, 0.05) is 0 Å². The Balaban J connectivity index is 1.26. The van der Waals surface area contributed by atoms with Crippen LogP contribution in [0.3, 0.4) is 0 Å². The fourth-order valence-electron chi connectivity index (χ4n) is 6.40. The molecule has 0 amide bonds. The van der Waals surface area contributed by atoms with Crippen molar-refractivity contribution in [3.8, 4) is 11.5 Å². The molecule has 0 aromatic heterocycles. The van der Waals surface area contributed by atoms with Gasteiger partial charge < -0.3 is 14.2 Å². The van der Waals surface area contributed by atoms with Gasteiger partial charge in [-0.25, -0.2) is 0 Å². The van der Waals surface area contributed by atoms with E-state index in [1.54, 1.807) is 0 Å². The molecule has 166 valence electrons. The van der Waals surface area contributed by atoms with Gasteiger partial charge in [-0.05, 0) is 91.5 Å². The summed E-state index contributed by atoms with van der Waals surface area (Å²) in [6.45, 7) is 4.89. The van der Waals surface area contributed by atoms with Gasteiger partial charge in [0.05, 0.1) is 6.10 Å². The highest BCUT2D eigenvalue weighted by Gasteiger charge is 2.54. The molecule has 0 N–H and O–H groups in total. The number of rotatable bonds is 9. The SMILES string of the molecule is CCC(C)c1ccc(OC(COc2ccccc2)OC2CC3CC2C2CCCC32)cc1.